The first-order chi connectivity index (χ1) is 18.7. The van der Waals surface area contributed by atoms with Gasteiger partial charge in [0.2, 0.25) is 5.75 Å². The van der Waals surface area contributed by atoms with E-state index in [-0.39, 0.29) is 5.56 Å². The van der Waals surface area contributed by atoms with E-state index in [1.54, 1.807) is 0 Å². The molecule has 0 N–H and O–H groups in total. The Morgan fingerprint density at radius 3 is 1.76 bits per heavy atom. The average Bonchev–Trinajstić information content (AvgIpc) is 2.93. The Morgan fingerprint density at radius 2 is 1.11 bits per heavy atom. The maximum absolute atomic E-state index is 13.9. The third kappa shape index (κ3) is 10.9. The number of pyridine rings is 1. The lowest BCUT2D eigenvalue weighted by Crippen LogP contribution is -2.24. The number of nitrogens with zero attached hydrogens (tertiary/aromatic N) is 1. The van der Waals surface area contributed by atoms with Crippen LogP contribution in [0.15, 0.2) is 23.0 Å². The quantitative estimate of drug-likeness (QED) is 0.135. The van der Waals surface area contributed by atoms with Crippen LogP contribution in [-0.2, 0) is 6.54 Å². The summed E-state index contributed by atoms with van der Waals surface area (Å²) in [5.74, 6) is 1.80. The molecular formula is C33H55NO4. The van der Waals surface area contributed by atoms with Crippen LogP contribution in [0.5, 0.6) is 17.2 Å². The van der Waals surface area contributed by atoms with Crippen LogP contribution in [0.25, 0.3) is 10.9 Å². The van der Waals surface area contributed by atoms with Crippen molar-refractivity contribution < 1.29 is 14.2 Å². The number of rotatable bonds is 23. The summed E-state index contributed by atoms with van der Waals surface area (Å²) < 4.78 is 20.5. The zero-order valence-corrected chi connectivity index (χ0v) is 25.0. The van der Waals surface area contributed by atoms with Crippen molar-refractivity contribution in [1.82, 2.24) is 4.57 Å². The average molecular weight is 530 g/mol. The highest BCUT2D eigenvalue weighted by atomic mass is 16.5. The molecule has 0 aliphatic carbocycles. The predicted octanol–water partition coefficient (Wildman–Crippen LogP) is 9.46. The number of hydrogen-bond donors (Lipinski definition) is 0. The molecule has 0 bridgehead atoms. The van der Waals surface area contributed by atoms with Crippen molar-refractivity contribution in [2.45, 2.75) is 137 Å². The molecule has 5 heteroatoms. The molecule has 5 nitrogen and oxygen atoms in total. The highest BCUT2D eigenvalue weighted by Crippen LogP contribution is 2.35. The van der Waals surface area contributed by atoms with Gasteiger partial charge in [-0.15, -0.1) is 0 Å². The van der Waals surface area contributed by atoms with Crippen LogP contribution in [0.3, 0.4) is 0 Å². The summed E-state index contributed by atoms with van der Waals surface area (Å²) in [7, 11) is 0. The van der Waals surface area contributed by atoms with Crippen molar-refractivity contribution in [3.05, 3.63) is 28.6 Å². The van der Waals surface area contributed by atoms with Crippen molar-refractivity contribution in [3.8, 4) is 17.2 Å². The van der Waals surface area contributed by atoms with E-state index in [1.165, 1.54) is 57.8 Å². The van der Waals surface area contributed by atoms with Crippen LogP contribution in [0.2, 0.25) is 0 Å². The molecule has 216 valence electrons. The Hall–Kier alpha value is -2.17. The highest BCUT2D eigenvalue weighted by Gasteiger charge is 2.20. The van der Waals surface area contributed by atoms with Crippen LogP contribution in [0.1, 0.15) is 130 Å². The van der Waals surface area contributed by atoms with Crippen LogP contribution in [0.4, 0.5) is 0 Å². The maximum Gasteiger partial charge on any atom is 0.297 e. The van der Waals surface area contributed by atoms with Gasteiger partial charge in [0.25, 0.3) is 5.56 Å². The Balaban J connectivity index is 2.38. The zero-order valence-electron chi connectivity index (χ0n) is 25.0. The van der Waals surface area contributed by atoms with Gasteiger partial charge in [-0.3, -0.25) is 4.79 Å². The van der Waals surface area contributed by atoms with E-state index >= 15 is 0 Å². The third-order valence-electron chi connectivity index (χ3n) is 7.14. The lowest BCUT2D eigenvalue weighted by molar-refractivity contribution is 0.258. The van der Waals surface area contributed by atoms with Gasteiger partial charge in [-0.1, -0.05) is 105 Å². The summed E-state index contributed by atoms with van der Waals surface area (Å²) in [6.45, 7) is 11.3. The first kappa shape index (κ1) is 32.0. The van der Waals surface area contributed by atoms with E-state index in [0.717, 1.165) is 61.6 Å². The van der Waals surface area contributed by atoms with Gasteiger partial charge in [0.15, 0.2) is 5.75 Å². The predicted molar refractivity (Wildman–Crippen MR) is 161 cm³/mol. The molecule has 0 aliphatic heterocycles. The summed E-state index contributed by atoms with van der Waals surface area (Å²) in [5.41, 5.74) is 0.812. The van der Waals surface area contributed by atoms with Gasteiger partial charge >= 0.3 is 0 Å². The first-order valence-corrected chi connectivity index (χ1v) is 15.8. The van der Waals surface area contributed by atoms with Gasteiger partial charge in [-0.2, -0.15) is 0 Å². The molecule has 2 aromatic rings. The summed E-state index contributed by atoms with van der Waals surface area (Å²) in [5, 5.41) is 0.941. The Labute approximate surface area is 232 Å². The maximum atomic E-state index is 13.9. The van der Waals surface area contributed by atoms with Gasteiger partial charge < -0.3 is 18.8 Å². The molecule has 1 aromatic carbocycles. The molecule has 0 unspecified atom stereocenters. The molecule has 0 saturated carbocycles. The molecule has 2 rings (SSSR count). The minimum Gasteiger partial charge on any atom is -0.494 e. The van der Waals surface area contributed by atoms with Gasteiger partial charge in [0, 0.05) is 18.0 Å². The van der Waals surface area contributed by atoms with Gasteiger partial charge in [0.05, 0.1) is 25.3 Å². The van der Waals surface area contributed by atoms with E-state index in [2.05, 4.69) is 33.8 Å². The highest BCUT2D eigenvalue weighted by molar-refractivity contribution is 5.89. The Bertz CT molecular complexity index is 952. The van der Waals surface area contributed by atoms with Gasteiger partial charge in [0.1, 0.15) is 5.75 Å². The van der Waals surface area contributed by atoms with Crippen LogP contribution >= 0.6 is 0 Å². The van der Waals surface area contributed by atoms with Crippen LogP contribution in [-0.4, -0.2) is 24.4 Å². The fraction of sp³-hybridized carbons (Fsp3) is 0.727. The van der Waals surface area contributed by atoms with E-state index in [4.69, 9.17) is 14.2 Å². The molecule has 0 atom stereocenters. The number of ether oxygens (including phenoxy) is 3. The van der Waals surface area contributed by atoms with Crippen LogP contribution < -0.4 is 19.8 Å². The topological polar surface area (TPSA) is 49.7 Å². The molecular weight excluding hydrogens is 474 g/mol. The van der Waals surface area contributed by atoms with Gasteiger partial charge in [-0.05, 0) is 37.8 Å². The molecule has 0 aliphatic rings. The van der Waals surface area contributed by atoms with Crippen LogP contribution in [0, 0.1) is 0 Å². The zero-order chi connectivity index (χ0) is 27.4. The second-order valence-corrected chi connectivity index (χ2v) is 10.6. The smallest absolute Gasteiger partial charge is 0.297 e. The standard InChI is InChI=1S/C33H55NO4/c1-5-9-13-16-17-18-23-34-30-27-28(36-25-19-14-10-6-2)21-22-29(30)31(37-26-20-15-11-7-3)32(33(34)35)38-24-12-8-4/h21-22,27H,5-20,23-26H2,1-4H3. The molecule has 0 radical (unpaired) electrons. The third-order valence-corrected chi connectivity index (χ3v) is 7.14. The lowest BCUT2D eigenvalue weighted by atomic mass is 10.1. The molecule has 0 spiro atoms. The largest absolute Gasteiger partial charge is 0.494 e. The fourth-order valence-electron chi connectivity index (χ4n) is 4.75. The fourth-order valence-corrected chi connectivity index (χ4v) is 4.75. The molecule has 38 heavy (non-hydrogen) atoms. The molecule has 0 amide bonds. The second-order valence-electron chi connectivity index (χ2n) is 10.6. The van der Waals surface area contributed by atoms with E-state index in [0.29, 0.717) is 37.9 Å². The van der Waals surface area contributed by atoms with Crippen molar-refractivity contribution >= 4 is 10.9 Å². The van der Waals surface area contributed by atoms with E-state index in [9.17, 15) is 4.79 Å². The van der Waals surface area contributed by atoms with Gasteiger partial charge in [-0.25, -0.2) is 0 Å². The minimum absolute atomic E-state index is 0.0779. The SMILES string of the molecule is CCCCCCCCn1c(=O)c(OCCCC)c(OCCCCCC)c2ccc(OCCCCCC)cc21. The summed E-state index contributed by atoms with van der Waals surface area (Å²) in [6.07, 6.45) is 18.2. The monoisotopic (exact) mass is 529 g/mol. The minimum atomic E-state index is -0.0779. The number of aromatic nitrogens is 1. The van der Waals surface area contributed by atoms with Crippen molar-refractivity contribution in [2.24, 2.45) is 0 Å². The summed E-state index contributed by atoms with van der Waals surface area (Å²) in [4.78, 5) is 13.9. The Morgan fingerprint density at radius 1 is 0.579 bits per heavy atom. The number of hydrogen-bond acceptors (Lipinski definition) is 4. The number of fused-ring (bicyclic) bond motifs is 1. The number of benzene rings is 1. The van der Waals surface area contributed by atoms with Crippen molar-refractivity contribution in [3.63, 3.8) is 0 Å². The number of unbranched alkanes of at least 4 members (excludes halogenated alkanes) is 12. The molecule has 1 heterocycles. The van der Waals surface area contributed by atoms with Crippen molar-refractivity contribution in [1.29, 1.82) is 0 Å². The normalized spacial score (nSPS) is 11.3. The molecule has 0 saturated heterocycles. The van der Waals surface area contributed by atoms with E-state index < -0.39 is 0 Å². The number of aryl methyl sites for hydroxylation is 1. The summed E-state index contributed by atoms with van der Waals surface area (Å²) >= 11 is 0. The second kappa shape index (κ2) is 19.8. The molecule has 0 fully saturated rings. The lowest BCUT2D eigenvalue weighted by Gasteiger charge is -2.19. The Kier molecular flexibility index (Phi) is 16.7. The van der Waals surface area contributed by atoms with Crippen molar-refractivity contribution in [2.75, 3.05) is 19.8 Å². The molecule has 1 aromatic heterocycles. The first-order valence-electron chi connectivity index (χ1n) is 15.8. The van der Waals surface area contributed by atoms with E-state index in [1.807, 2.05) is 16.7 Å². The summed E-state index contributed by atoms with van der Waals surface area (Å²) in [6, 6.07) is 6.11.